The van der Waals surface area contributed by atoms with Crippen LogP contribution in [0.5, 0.6) is 0 Å². The fourth-order valence-electron chi connectivity index (χ4n) is 4.80. The summed E-state index contributed by atoms with van der Waals surface area (Å²) in [6.07, 6.45) is 3.88. The van der Waals surface area contributed by atoms with Crippen LogP contribution >= 0.6 is 12.2 Å². The highest BCUT2D eigenvalue weighted by molar-refractivity contribution is 7.80. The summed E-state index contributed by atoms with van der Waals surface area (Å²) >= 11 is 4.78. The van der Waals surface area contributed by atoms with Crippen molar-refractivity contribution in [2.75, 3.05) is 44.7 Å². The molecule has 0 bridgehead atoms. The molecule has 200 valence electrons. The van der Waals surface area contributed by atoms with Crippen molar-refractivity contribution in [1.82, 2.24) is 15.1 Å². The summed E-state index contributed by atoms with van der Waals surface area (Å²) in [5.74, 6) is 0.159. The minimum absolute atomic E-state index is 0.0823. The van der Waals surface area contributed by atoms with Crippen LogP contribution < -0.4 is 16.0 Å². The van der Waals surface area contributed by atoms with Crippen molar-refractivity contribution in [3.63, 3.8) is 0 Å². The van der Waals surface area contributed by atoms with Gasteiger partial charge < -0.3 is 26.0 Å². The number of likely N-dealkylation sites (N-methyl/N-ethyl adjacent to an activating group) is 1. The molecule has 2 aromatic carbocycles. The van der Waals surface area contributed by atoms with Crippen LogP contribution in [0.2, 0.25) is 0 Å². The van der Waals surface area contributed by atoms with Gasteiger partial charge in [-0.15, -0.1) is 0 Å². The van der Waals surface area contributed by atoms with Gasteiger partial charge in [0.25, 0.3) is 0 Å². The quantitative estimate of drug-likeness (QED) is 0.283. The Morgan fingerprint density at radius 1 is 1.05 bits per heavy atom. The minimum Gasteiger partial charge on any atom is -0.465 e. The smallest absolute Gasteiger partial charge is 0.412 e. The Hall–Kier alpha value is -3.17. The number of hydrogen-bond donors (Lipinski definition) is 3. The number of rotatable bonds is 12. The van der Waals surface area contributed by atoms with Crippen molar-refractivity contribution in [1.29, 1.82) is 0 Å². The molecular formula is C28H39N5O3S. The summed E-state index contributed by atoms with van der Waals surface area (Å²) in [5.41, 5.74) is 8.06. The fraction of sp³-hybridized carbons (Fsp3) is 0.464. The molecule has 0 radical (unpaired) electrons. The van der Waals surface area contributed by atoms with Gasteiger partial charge in [-0.05, 0) is 49.5 Å². The van der Waals surface area contributed by atoms with Gasteiger partial charge in [0.1, 0.15) is 0 Å². The Kier molecular flexibility index (Phi) is 11.2. The van der Waals surface area contributed by atoms with E-state index in [-0.39, 0.29) is 11.9 Å². The first-order chi connectivity index (χ1) is 17.9. The number of thiocarbonyl (C=S) groups is 1. The Morgan fingerprint density at radius 2 is 1.73 bits per heavy atom. The van der Waals surface area contributed by atoms with Gasteiger partial charge in [0.2, 0.25) is 5.91 Å². The van der Waals surface area contributed by atoms with E-state index in [1.165, 1.54) is 0 Å². The van der Waals surface area contributed by atoms with Crippen molar-refractivity contribution >= 4 is 35.0 Å². The van der Waals surface area contributed by atoms with Crippen LogP contribution in [0.25, 0.3) is 11.1 Å². The van der Waals surface area contributed by atoms with E-state index in [1.807, 2.05) is 61.6 Å². The predicted octanol–water partition coefficient (Wildman–Crippen LogP) is 4.15. The van der Waals surface area contributed by atoms with E-state index in [9.17, 15) is 14.7 Å². The summed E-state index contributed by atoms with van der Waals surface area (Å²) < 4.78 is 0. The van der Waals surface area contributed by atoms with E-state index in [2.05, 4.69) is 10.2 Å². The number of nitrogens with one attached hydrogen (secondary N) is 1. The fourth-order valence-corrected chi connectivity index (χ4v) is 4.90. The van der Waals surface area contributed by atoms with Gasteiger partial charge in [0.05, 0.1) is 5.69 Å². The zero-order valence-electron chi connectivity index (χ0n) is 21.6. The molecular weight excluding hydrogens is 486 g/mol. The molecule has 2 aromatic rings. The number of nitrogens with two attached hydrogens (primary N) is 1. The molecule has 0 spiro atoms. The number of para-hydroxylation sites is 1. The molecule has 3 rings (SSSR count). The number of unbranched alkanes of at least 4 members (excludes halogenated alkanes) is 2. The normalized spacial score (nSPS) is 14.2. The van der Waals surface area contributed by atoms with Crippen molar-refractivity contribution < 1.29 is 14.7 Å². The number of anilines is 1. The van der Waals surface area contributed by atoms with E-state index in [1.54, 1.807) is 9.80 Å². The lowest BCUT2D eigenvalue weighted by molar-refractivity contribution is -0.130. The number of likely N-dealkylation sites (tertiary alicyclic amines) is 1. The Labute approximate surface area is 225 Å². The molecule has 0 aromatic heterocycles. The predicted molar refractivity (Wildman–Crippen MR) is 153 cm³/mol. The first-order valence-electron chi connectivity index (χ1n) is 13.0. The summed E-state index contributed by atoms with van der Waals surface area (Å²) in [6, 6.07) is 17.5. The average molecular weight is 526 g/mol. The SMILES string of the molecule is CN(CCN1CCC(N(C(=O)O)c2ccccc2-c2ccccc2)CC1)C(=O)CCCCCNC(N)=S. The zero-order valence-corrected chi connectivity index (χ0v) is 22.5. The summed E-state index contributed by atoms with van der Waals surface area (Å²) in [4.78, 5) is 30.5. The third kappa shape index (κ3) is 8.72. The number of carbonyl (C=O) groups excluding carboxylic acids is 1. The lowest BCUT2D eigenvalue weighted by Crippen LogP contribution is -2.48. The summed E-state index contributed by atoms with van der Waals surface area (Å²) in [5, 5.41) is 13.4. The van der Waals surface area contributed by atoms with Crippen LogP contribution in [-0.2, 0) is 4.79 Å². The molecule has 0 aliphatic carbocycles. The number of carboxylic acid groups (broad SMARTS) is 1. The topological polar surface area (TPSA) is 102 Å². The molecule has 0 saturated carbocycles. The van der Waals surface area contributed by atoms with Gasteiger partial charge in [0.15, 0.2) is 5.11 Å². The maximum atomic E-state index is 12.5. The minimum atomic E-state index is -0.923. The second-order valence-electron chi connectivity index (χ2n) is 9.53. The number of amides is 2. The van der Waals surface area contributed by atoms with Crippen molar-refractivity contribution in [3.8, 4) is 11.1 Å². The molecule has 2 amide bonds. The number of carbonyl (C=O) groups is 2. The Balaban J connectivity index is 1.47. The van der Waals surface area contributed by atoms with Crippen molar-refractivity contribution in [2.45, 2.75) is 44.6 Å². The van der Waals surface area contributed by atoms with Gasteiger partial charge in [-0.1, -0.05) is 55.0 Å². The standard InChI is InChI=1S/C28H39N5O3S/c1-31(26(34)14-6-3-9-17-30-27(29)37)20-21-32-18-15-23(16-19-32)33(28(35)36)25-13-8-7-12-24(25)22-10-4-2-5-11-22/h2,4-5,7-8,10-13,23H,3,6,9,14-21H2,1H3,(H,35,36)(H3,29,30,37). The Bertz CT molecular complexity index is 1030. The molecule has 9 heteroatoms. The van der Waals surface area contributed by atoms with E-state index >= 15 is 0 Å². The molecule has 1 aliphatic rings. The van der Waals surface area contributed by atoms with Crippen LogP contribution in [0, 0.1) is 0 Å². The van der Waals surface area contributed by atoms with Crippen LogP contribution in [0.4, 0.5) is 10.5 Å². The first kappa shape index (κ1) is 28.4. The maximum Gasteiger partial charge on any atom is 0.412 e. The lowest BCUT2D eigenvalue weighted by atomic mass is 9.98. The maximum absolute atomic E-state index is 12.5. The highest BCUT2D eigenvalue weighted by atomic mass is 32.1. The largest absolute Gasteiger partial charge is 0.465 e. The monoisotopic (exact) mass is 525 g/mol. The van der Waals surface area contributed by atoms with Crippen LogP contribution in [0.3, 0.4) is 0 Å². The van der Waals surface area contributed by atoms with Gasteiger partial charge in [0, 0.05) is 57.8 Å². The third-order valence-corrected chi connectivity index (χ3v) is 7.07. The highest BCUT2D eigenvalue weighted by Crippen LogP contribution is 2.34. The lowest BCUT2D eigenvalue weighted by Gasteiger charge is -2.38. The van der Waals surface area contributed by atoms with Gasteiger partial charge in [-0.25, -0.2) is 4.79 Å². The molecule has 1 saturated heterocycles. The summed E-state index contributed by atoms with van der Waals surface area (Å²) in [7, 11) is 1.86. The zero-order chi connectivity index (χ0) is 26.6. The molecule has 0 atom stereocenters. The molecule has 37 heavy (non-hydrogen) atoms. The van der Waals surface area contributed by atoms with Crippen LogP contribution in [0.1, 0.15) is 38.5 Å². The molecule has 1 fully saturated rings. The number of nitrogens with zero attached hydrogens (tertiary/aromatic N) is 3. The van der Waals surface area contributed by atoms with E-state index < -0.39 is 6.09 Å². The van der Waals surface area contributed by atoms with Crippen LogP contribution in [0.15, 0.2) is 54.6 Å². The number of hydrogen-bond acceptors (Lipinski definition) is 4. The van der Waals surface area contributed by atoms with E-state index in [0.717, 1.165) is 75.1 Å². The van der Waals surface area contributed by atoms with Gasteiger partial charge in [-0.2, -0.15) is 0 Å². The molecule has 0 unspecified atom stereocenters. The molecule has 8 nitrogen and oxygen atoms in total. The number of benzene rings is 2. The summed E-state index contributed by atoms with van der Waals surface area (Å²) in [6.45, 7) is 3.82. The Morgan fingerprint density at radius 3 is 2.41 bits per heavy atom. The second kappa shape index (κ2) is 14.5. The highest BCUT2D eigenvalue weighted by Gasteiger charge is 2.30. The van der Waals surface area contributed by atoms with Crippen LogP contribution in [-0.4, -0.2) is 77.8 Å². The average Bonchev–Trinajstić information content (AvgIpc) is 2.90. The first-order valence-corrected chi connectivity index (χ1v) is 13.4. The molecule has 1 aliphatic heterocycles. The molecule has 1 heterocycles. The molecule has 4 N–H and O–H groups in total. The van der Waals surface area contributed by atoms with Crippen molar-refractivity contribution in [2.24, 2.45) is 5.73 Å². The van der Waals surface area contributed by atoms with Gasteiger partial charge >= 0.3 is 6.09 Å². The number of piperidine rings is 1. The second-order valence-corrected chi connectivity index (χ2v) is 9.97. The van der Waals surface area contributed by atoms with E-state index in [0.29, 0.717) is 18.1 Å². The van der Waals surface area contributed by atoms with Crippen molar-refractivity contribution in [3.05, 3.63) is 54.6 Å². The van der Waals surface area contributed by atoms with Gasteiger partial charge in [-0.3, -0.25) is 9.69 Å². The third-order valence-electron chi connectivity index (χ3n) is 6.92. The van der Waals surface area contributed by atoms with E-state index in [4.69, 9.17) is 18.0 Å².